The fourth-order valence-electron chi connectivity index (χ4n) is 0.655. The summed E-state index contributed by atoms with van der Waals surface area (Å²) in [5.74, 6) is -10.6. The smallest absolute Gasteiger partial charge is 0.218 e. The summed E-state index contributed by atoms with van der Waals surface area (Å²) in [6.07, 6.45) is -3.28. The minimum Gasteiger partial charge on any atom is -0.547 e. The second-order valence-corrected chi connectivity index (χ2v) is 2.39. The van der Waals surface area contributed by atoms with Gasteiger partial charge in [0.25, 0.3) is 0 Å². The molecule has 0 amide bonds. The Morgan fingerprint density at radius 2 is 1.47 bits per heavy atom. The Hall–Kier alpha value is -2.00. The van der Waals surface area contributed by atoms with E-state index in [1.54, 1.807) is 0 Å². The van der Waals surface area contributed by atoms with Crippen molar-refractivity contribution in [3.05, 3.63) is 0 Å². The molecule has 0 aromatic carbocycles. The number of aliphatic carboxylic acids is 3. The molecule has 0 fully saturated rings. The average molecular weight is 219 g/mol. The first kappa shape index (κ1) is 13.0. The zero-order valence-electron chi connectivity index (χ0n) is 6.83. The van der Waals surface area contributed by atoms with Crippen molar-refractivity contribution in [1.82, 2.24) is 0 Å². The Bertz CT molecular complexity index is 331. The first-order valence-electron chi connectivity index (χ1n) is 3.24. The molecular weight excluding hydrogens is 216 g/mol. The summed E-state index contributed by atoms with van der Waals surface area (Å²) in [4.78, 5) is 40.7. The van der Waals surface area contributed by atoms with Crippen LogP contribution in [0.25, 0.3) is 0 Å². The van der Waals surface area contributed by atoms with Crippen LogP contribution in [0.1, 0.15) is 0 Å². The van der Waals surface area contributed by atoms with Gasteiger partial charge in [-0.05, 0) is 0 Å². The minimum absolute atomic E-state index is 2.56. The summed E-state index contributed by atoms with van der Waals surface area (Å²) in [6, 6.07) is 0. The normalized spacial score (nSPS) is 16.1. The molecule has 2 N–H and O–H groups in total. The van der Waals surface area contributed by atoms with Gasteiger partial charge < -0.3 is 39.9 Å². The number of hydrogen-bond donors (Lipinski definition) is 2. The lowest BCUT2D eigenvalue weighted by Gasteiger charge is -2.32. The van der Waals surface area contributed by atoms with Gasteiger partial charge in [-0.2, -0.15) is 0 Å². The molecule has 84 valence electrons. The van der Waals surface area contributed by atoms with Crippen LogP contribution >= 0.6 is 0 Å². The van der Waals surface area contributed by atoms with Gasteiger partial charge in [-0.25, -0.2) is 0 Å². The van der Waals surface area contributed by atoms with Crippen molar-refractivity contribution < 1.29 is 44.7 Å². The predicted molar refractivity (Wildman–Crippen MR) is 31.0 cm³/mol. The molecule has 0 saturated heterocycles. The second kappa shape index (κ2) is 4.02. The van der Waals surface area contributed by atoms with Gasteiger partial charge in [0.05, 0.1) is 11.9 Å². The van der Waals surface area contributed by atoms with Gasteiger partial charge in [-0.1, -0.05) is 0 Å². The number of aliphatic hydroxyl groups is 2. The number of ketones is 1. The van der Waals surface area contributed by atoms with Crippen LogP contribution in [0.4, 0.5) is 0 Å². The first-order valence-corrected chi connectivity index (χ1v) is 3.24. The molecule has 0 spiro atoms. The van der Waals surface area contributed by atoms with E-state index in [0.29, 0.717) is 0 Å². The van der Waals surface area contributed by atoms with Gasteiger partial charge in [0.15, 0.2) is 5.60 Å². The number of carbonyl (C=O) groups excluding carboxylic acids is 4. The number of carboxylic acid groups (broad SMARTS) is 3. The summed E-state index contributed by atoms with van der Waals surface area (Å²) in [7, 11) is 0. The number of rotatable bonds is 5. The van der Waals surface area contributed by atoms with Crippen molar-refractivity contribution in [2.75, 3.05) is 0 Å². The molecule has 0 bridgehead atoms. The van der Waals surface area contributed by atoms with Gasteiger partial charge in [-0.3, -0.25) is 4.79 Å². The predicted octanol–water partition coefficient (Wildman–Crippen LogP) is -7.10. The molecule has 0 aromatic rings. The molecule has 0 heterocycles. The maximum absolute atomic E-state index is 10.6. The summed E-state index contributed by atoms with van der Waals surface area (Å²) in [5.41, 5.74) is -4.14. The number of aliphatic hydroxyl groups excluding tert-OH is 1. The van der Waals surface area contributed by atoms with E-state index in [2.05, 4.69) is 0 Å². The van der Waals surface area contributed by atoms with Crippen molar-refractivity contribution in [3.8, 4) is 0 Å². The maximum Gasteiger partial charge on any atom is 0.218 e. The van der Waals surface area contributed by atoms with E-state index >= 15 is 0 Å². The van der Waals surface area contributed by atoms with Crippen molar-refractivity contribution in [2.45, 2.75) is 11.7 Å². The van der Waals surface area contributed by atoms with Crippen LogP contribution in [0.2, 0.25) is 0 Å². The molecule has 0 aliphatic heterocycles. The lowest BCUT2D eigenvalue weighted by atomic mass is 9.91. The molecule has 0 aliphatic carbocycles. The third-order valence-corrected chi connectivity index (χ3v) is 1.46. The largest absolute Gasteiger partial charge is 0.547 e. The molecule has 15 heavy (non-hydrogen) atoms. The Balaban J connectivity index is 5.44. The SMILES string of the molecule is O=C([O-])C(=O)C(O)(C(=O)[O-])C(O)C(=O)[O-]. The Labute approximate surface area is 81.2 Å². The number of carbonyl (C=O) groups is 4. The maximum atomic E-state index is 10.6. The van der Waals surface area contributed by atoms with E-state index in [0.717, 1.165) is 0 Å². The first-order chi connectivity index (χ1) is 6.65. The van der Waals surface area contributed by atoms with Gasteiger partial charge in [0.2, 0.25) is 5.78 Å². The van der Waals surface area contributed by atoms with Gasteiger partial charge in [0, 0.05) is 0 Å². The second-order valence-electron chi connectivity index (χ2n) is 2.39. The molecule has 2 atom stereocenters. The van der Waals surface area contributed by atoms with E-state index in [4.69, 9.17) is 10.2 Å². The standard InChI is InChI=1S/C6H6O9/c7-1(3(9)10)6(15,5(13)14)2(8)4(11)12/h1,7,15H,(H,9,10)(H,11,12)(H,13,14)/p-3. The molecule has 0 saturated carbocycles. The van der Waals surface area contributed by atoms with Crippen LogP contribution in [-0.4, -0.2) is 45.6 Å². The lowest BCUT2D eigenvalue weighted by molar-refractivity contribution is -0.343. The van der Waals surface area contributed by atoms with Gasteiger partial charge in [-0.15, -0.1) is 0 Å². The minimum atomic E-state index is -4.14. The van der Waals surface area contributed by atoms with E-state index < -0.39 is 35.4 Å². The fraction of sp³-hybridized carbons (Fsp3) is 0.333. The molecule has 0 rings (SSSR count). The Morgan fingerprint density at radius 3 is 1.67 bits per heavy atom. The van der Waals surface area contributed by atoms with Gasteiger partial charge in [0.1, 0.15) is 12.1 Å². The molecule has 0 aliphatic rings. The molecule has 0 aromatic heterocycles. The van der Waals surface area contributed by atoms with Crippen LogP contribution in [0, 0.1) is 0 Å². The molecule has 0 radical (unpaired) electrons. The summed E-state index contributed by atoms with van der Waals surface area (Å²) < 4.78 is 0. The Morgan fingerprint density at radius 1 is 1.07 bits per heavy atom. The van der Waals surface area contributed by atoms with E-state index in [-0.39, 0.29) is 0 Å². The monoisotopic (exact) mass is 219 g/mol. The number of hydrogen-bond acceptors (Lipinski definition) is 9. The lowest BCUT2D eigenvalue weighted by Crippen LogP contribution is -2.68. The zero-order valence-corrected chi connectivity index (χ0v) is 6.83. The van der Waals surface area contributed by atoms with Crippen molar-refractivity contribution in [2.24, 2.45) is 0 Å². The molecule has 2 unspecified atom stereocenters. The quantitative estimate of drug-likeness (QED) is 0.335. The number of carboxylic acids is 3. The highest BCUT2D eigenvalue weighted by Gasteiger charge is 2.46. The van der Waals surface area contributed by atoms with E-state index in [1.165, 1.54) is 0 Å². The van der Waals surface area contributed by atoms with Crippen LogP contribution in [0.15, 0.2) is 0 Å². The molecule has 9 nitrogen and oxygen atoms in total. The van der Waals surface area contributed by atoms with Crippen LogP contribution in [0.5, 0.6) is 0 Å². The third-order valence-electron chi connectivity index (χ3n) is 1.46. The zero-order chi connectivity index (χ0) is 12.4. The highest BCUT2D eigenvalue weighted by Crippen LogP contribution is 2.11. The highest BCUT2D eigenvalue weighted by atomic mass is 16.5. The summed E-state index contributed by atoms with van der Waals surface area (Å²) in [6.45, 7) is 0. The van der Waals surface area contributed by atoms with Gasteiger partial charge >= 0.3 is 0 Å². The Kier molecular flexibility index (Phi) is 3.49. The summed E-state index contributed by atoms with van der Waals surface area (Å²) >= 11 is 0. The van der Waals surface area contributed by atoms with Crippen molar-refractivity contribution in [3.63, 3.8) is 0 Å². The molecule has 9 heteroatoms. The summed E-state index contributed by atoms with van der Waals surface area (Å²) in [5, 5.41) is 47.6. The average Bonchev–Trinajstić information content (AvgIpc) is 2.13. The number of Topliss-reactive ketones (excluding diaryl/α,β-unsaturated/α-hetero) is 1. The van der Waals surface area contributed by atoms with E-state index in [1.807, 2.05) is 0 Å². The van der Waals surface area contributed by atoms with Crippen LogP contribution < -0.4 is 15.3 Å². The van der Waals surface area contributed by atoms with Crippen molar-refractivity contribution >= 4 is 23.7 Å². The topological polar surface area (TPSA) is 178 Å². The van der Waals surface area contributed by atoms with Crippen LogP contribution in [-0.2, 0) is 19.2 Å². The van der Waals surface area contributed by atoms with E-state index in [9.17, 15) is 34.5 Å². The fourth-order valence-corrected chi connectivity index (χ4v) is 0.655. The highest BCUT2D eigenvalue weighted by molar-refractivity contribution is 6.40. The van der Waals surface area contributed by atoms with Crippen molar-refractivity contribution in [1.29, 1.82) is 0 Å². The van der Waals surface area contributed by atoms with Crippen LogP contribution in [0.3, 0.4) is 0 Å². The third kappa shape index (κ3) is 2.08. The molecular formula is C6H3O9-3.